The van der Waals surface area contributed by atoms with Crippen LogP contribution in [-0.2, 0) is 6.61 Å². The minimum absolute atomic E-state index is 0.489. The second-order valence-electron chi connectivity index (χ2n) is 7.82. The van der Waals surface area contributed by atoms with Gasteiger partial charge in [-0.05, 0) is 47.0 Å². The van der Waals surface area contributed by atoms with Gasteiger partial charge in [0.25, 0.3) is 0 Å². The topological polar surface area (TPSA) is 106 Å². The molecule has 0 fully saturated rings. The lowest BCUT2D eigenvalue weighted by Gasteiger charge is -2.07. The van der Waals surface area contributed by atoms with Crippen LogP contribution in [0.1, 0.15) is 5.56 Å². The molecule has 0 saturated heterocycles. The Hall–Kier alpha value is -4.65. The van der Waals surface area contributed by atoms with Crippen molar-refractivity contribution >= 4 is 27.8 Å². The van der Waals surface area contributed by atoms with E-state index in [0.717, 1.165) is 55.8 Å². The van der Waals surface area contributed by atoms with Crippen molar-refractivity contribution in [1.29, 1.82) is 0 Å². The van der Waals surface area contributed by atoms with Gasteiger partial charge in [-0.2, -0.15) is 5.10 Å². The van der Waals surface area contributed by atoms with Crippen LogP contribution in [-0.4, -0.2) is 25.1 Å². The molecule has 33 heavy (non-hydrogen) atoms. The van der Waals surface area contributed by atoms with E-state index in [1.165, 1.54) is 0 Å². The third-order valence-electron chi connectivity index (χ3n) is 5.69. The fraction of sp³-hybridized carbons (Fsp3) is 0.0385. The number of nitrogens with zero attached hydrogens (tertiary/aromatic N) is 3. The lowest BCUT2D eigenvalue weighted by atomic mass is 10.0. The molecular weight excluding hydrogens is 412 g/mol. The van der Waals surface area contributed by atoms with Crippen LogP contribution in [0.3, 0.4) is 0 Å². The Morgan fingerprint density at radius 1 is 0.848 bits per heavy atom. The summed E-state index contributed by atoms with van der Waals surface area (Å²) in [4.78, 5) is 12.5. The van der Waals surface area contributed by atoms with E-state index in [-0.39, 0.29) is 0 Å². The van der Waals surface area contributed by atoms with Crippen LogP contribution in [0.25, 0.3) is 44.5 Å². The number of hydrogen-bond acceptors (Lipinski definition) is 5. The van der Waals surface area contributed by atoms with Crippen LogP contribution >= 0.6 is 0 Å². The highest BCUT2D eigenvalue weighted by molar-refractivity contribution is 5.99. The first kappa shape index (κ1) is 19.1. The van der Waals surface area contributed by atoms with Gasteiger partial charge in [0.05, 0.1) is 16.9 Å². The summed E-state index contributed by atoms with van der Waals surface area (Å²) in [6.45, 7) is 0.502. The van der Waals surface area contributed by atoms with E-state index in [2.05, 4.69) is 37.3 Å². The van der Waals surface area contributed by atoms with Crippen molar-refractivity contribution < 1.29 is 4.74 Å². The van der Waals surface area contributed by atoms with Gasteiger partial charge in [-0.1, -0.05) is 36.4 Å². The number of rotatable bonds is 5. The minimum Gasteiger partial charge on any atom is -0.489 e. The quantitative estimate of drug-likeness (QED) is 0.341. The molecule has 4 aromatic heterocycles. The number of pyridine rings is 2. The molecule has 160 valence electrons. The van der Waals surface area contributed by atoms with Gasteiger partial charge in [-0.3, -0.25) is 10.1 Å². The van der Waals surface area contributed by atoms with E-state index in [1.54, 1.807) is 12.4 Å². The molecule has 0 aliphatic rings. The number of benzene rings is 2. The number of hydrogen-bond donors (Lipinski definition) is 3. The smallest absolute Gasteiger partial charge is 0.153 e. The maximum Gasteiger partial charge on any atom is 0.153 e. The number of aromatic amines is 2. The Labute approximate surface area is 189 Å². The van der Waals surface area contributed by atoms with Crippen molar-refractivity contribution in [1.82, 2.24) is 25.1 Å². The summed E-state index contributed by atoms with van der Waals surface area (Å²) in [6.07, 6.45) is 3.55. The van der Waals surface area contributed by atoms with Crippen molar-refractivity contribution in [2.45, 2.75) is 6.61 Å². The maximum absolute atomic E-state index is 6.01. The average molecular weight is 432 g/mol. The summed E-state index contributed by atoms with van der Waals surface area (Å²) in [5, 5.41) is 8.94. The Kier molecular flexibility index (Phi) is 4.51. The van der Waals surface area contributed by atoms with Crippen LogP contribution < -0.4 is 10.5 Å². The predicted octanol–water partition coefficient (Wildman–Crippen LogP) is 5.33. The molecule has 7 heteroatoms. The van der Waals surface area contributed by atoms with Gasteiger partial charge in [0.15, 0.2) is 5.82 Å². The third-order valence-corrected chi connectivity index (χ3v) is 5.69. The lowest BCUT2D eigenvalue weighted by Crippen LogP contribution is -1.95. The normalized spacial score (nSPS) is 11.3. The first-order valence-electron chi connectivity index (χ1n) is 10.6. The SMILES string of the molecule is Nc1n[nH]c2ccc(-c3ccnc4[nH]c(-c5cc(OCc6ccccc6)ccn5)cc34)cc12. The van der Waals surface area contributed by atoms with Crippen molar-refractivity contribution in [2.24, 2.45) is 0 Å². The summed E-state index contributed by atoms with van der Waals surface area (Å²) in [5.74, 6) is 1.25. The summed E-state index contributed by atoms with van der Waals surface area (Å²) < 4.78 is 5.98. The highest BCUT2D eigenvalue weighted by atomic mass is 16.5. The molecule has 0 atom stereocenters. The van der Waals surface area contributed by atoms with E-state index in [9.17, 15) is 0 Å². The van der Waals surface area contributed by atoms with Gasteiger partial charge in [0.1, 0.15) is 18.0 Å². The molecule has 0 radical (unpaired) electrons. The highest BCUT2D eigenvalue weighted by Crippen LogP contribution is 2.33. The van der Waals surface area contributed by atoms with Gasteiger partial charge >= 0.3 is 0 Å². The van der Waals surface area contributed by atoms with Crippen LogP contribution in [0.4, 0.5) is 5.82 Å². The Morgan fingerprint density at radius 3 is 2.64 bits per heavy atom. The number of nitrogen functional groups attached to an aromatic ring is 1. The zero-order chi connectivity index (χ0) is 22.2. The summed E-state index contributed by atoms with van der Waals surface area (Å²) in [7, 11) is 0. The first-order valence-corrected chi connectivity index (χ1v) is 10.6. The Bertz CT molecular complexity index is 1590. The predicted molar refractivity (Wildman–Crippen MR) is 130 cm³/mol. The van der Waals surface area contributed by atoms with E-state index >= 15 is 0 Å². The van der Waals surface area contributed by atoms with E-state index in [1.807, 2.05) is 60.7 Å². The van der Waals surface area contributed by atoms with Gasteiger partial charge in [0.2, 0.25) is 0 Å². The van der Waals surface area contributed by atoms with Crippen LogP contribution in [0.5, 0.6) is 5.75 Å². The molecule has 4 N–H and O–H groups in total. The molecule has 4 heterocycles. The van der Waals surface area contributed by atoms with Crippen molar-refractivity contribution in [3.05, 3.63) is 90.8 Å². The van der Waals surface area contributed by atoms with Crippen LogP contribution in [0.15, 0.2) is 85.2 Å². The van der Waals surface area contributed by atoms with Crippen LogP contribution in [0.2, 0.25) is 0 Å². The molecule has 7 nitrogen and oxygen atoms in total. The van der Waals surface area contributed by atoms with E-state index in [4.69, 9.17) is 10.5 Å². The van der Waals surface area contributed by atoms with Gasteiger partial charge < -0.3 is 15.5 Å². The molecule has 0 saturated carbocycles. The van der Waals surface area contributed by atoms with Crippen molar-refractivity contribution in [3.63, 3.8) is 0 Å². The number of H-pyrrole nitrogens is 2. The maximum atomic E-state index is 6.01. The number of fused-ring (bicyclic) bond motifs is 2. The average Bonchev–Trinajstić information content (AvgIpc) is 3.47. The second kappa shape index (κ2) is 7.80. The zero-order valence-corrected chi connectivity index (χ0v) is 17.6. The standard InChI is InChI=1S/C26H20N6O/c27-25-21-12-17(6-7-22(21)31-32-25)19-9-11-29-26-20(19)14-24(30-26)23-13-18(8-10-28-23)33-15-16-4-2-1-3-5-16/h1-14H,15H2,(H,29,30)(H3,27,31,32). The molecule has 2 aromatic carbocycles. The number of nitrogens with one attached hydrogen (secondary N) is 2. The number of aromatic nitrogens is 5. The number of nitrogens with two attached hydrogens (primary N) is 1. The fourth-order valence-electron chi connectivity index (χ4n) is 4.01. The summed E-state index contributed by atoms with van der Waals surface area (Å²) in [5.41, 5.74) is 12.6. The van der Waals surface area contributed by atoms with Gasteiger partial charge in [0, 0.05) is 29.2 Å². The van der Waals surface area contributed by atoms with E-state index in [0.29, 0.717) is 12.4 Å². The molecule has 0 aliphatic heterocycles. The molecule has 0 bridgehead atoms. The van der Waals surface area contributed by atoms with E-state index < -0.39 is 0 Å². The minimum atomic E-state index is 0.489. The lowest BCUT2D eigenvalue weighted by molar-refractivity contribution is 0.306. The first-order chi connectivity index (χ1) is 16.2. The number of ether oxygens (including phenoxy) is 1. The summed E-state index contributed by atoms with van der Waals surface area (Å²) in [6, 6.07) is 24.1. The molecular formula is C26H20N6O. The van der Waals surface area contributed by atoms with Crippen molar-refractivity contribution in [2.75, 3.05) is 5.73 Å². The largest absolute Gasteiger partial charge is 0.489 e. The van der Waals surface area contributed by atoms with Crippen molar-refractivity contribution in [3.8, 4) is 28.3 Å². The molecule has 6 rings (SSSR count). The molecule has 0 unspecified atom stereocenters. The molecule has 0 aliphatic carbocycles. The fourth-order valence-corrected chi connectivity index (χ4v) is 4.01. The molecule has 0 spiro atoms. The van der Waals surface area contributed by atoms with Crippen LogP contribution in [0, 0.1) is 0 Å². The molecule has 6 aromatic rings. The third kappa shape index (κ3) is 3.55. The van der Waals surface area contributed by atoms with Gasteiger partial charge in [-0.25, -0.2) is 4.98 Å². The second-order valence-corrected chi connectivity index (χ2v) is 7.82. The highest BCUT2D eigenvalue weighted by Gasteiger charge is 2.13. The number of anilines is 1. The Morgan fingerprint density at radius 2 is 1.73 bits per heavy atom. The molecule has 0 amide bonds. The summed E-state index contributed by atoms with van der Waals surface area (Å²) >= 11 is 0. The Balaban J connectivity index is 1.35. The van der Waals surface area contributed by atoms with Gasteiger partial charge in [-0.15, -0.1) is 0 Å². The monoisotopic (exact) mass is 432 g/mol. The zero-order valence-electron chi connectivity index (χ0n) is 17.6.